The minimum absolute atomic E-state index is 0.0998. The molecule has 0 bridgehead atoms. The lowest BCUT2D eigenvalue weighted by Gasteiger charge is -2.32. The highest BCUT2D eigenvalue weighted by molar-refractivity contribution is 5.94. The SMILES string of the molecule is CNC1CCCN(C(=O)c2nn(-c3ccccc3)c3c2CCC3)C1. The molecule has 1 N–H and O–H groups in total. The number of fused-ring (bicyclic) bond motifs is 1. The Morgan fingerprint density at radius 2 is 2.04 bits per heavy atom. The van der Waals surface area contributed by atoms with Gasteiger partial charge in [0.1, 0.15) is 0 Å². The van der Waals surface area contributed by atoms with Gasteiger partial charge in [-0.15, -0.1) is 0 Å². The average molecular weight is 324 g/mol. The molecule has 5 nitrogen and oxygen atoms in total. The number of para-hydroxylation sites is 1. The smallest absolute Gasteiger partial charge is 0.274 e. The van der Waals surface area contributed by atoms with Crippen molar-refractivity contribution in [3.8, 4) is 5.69 Å². The Morgan fingerprint density at radius 1 is 1.21 bits per heavy atom. The molecule has 2 heterocycles. The molecule has 0 spiro atoms. The molecule has 1 aliphatic heterocycles. The van der Waals surface area contributed by atoms with Crippen LogP contribution in [0.15, 0.2) is 30.3 Å². The number of amides is 1. The Labute approximate surface area is 142 Å². The molecule has 1 aromatic carbocycles. The molecule has 1 fully saturated rings. The third-order valence-corrected chi connectivity index (χ3v) is 5.25. The minimum atomic E-state index is 0.0998. The quantitative estimate of drug-likeness (QED) is 0.941. The van der Waals surface area contributed by atoms with E-state index in [0.717, 1.165) is 56.4 Å². The summed E-state index contributed by atoms with van der Waals surface area (Å²) in [5.74, 6) is 0.0998. The van der Waals surface area contributed by atoms with Gasteiger partial charge in [-0.05, 0) is 51.3 Å². The van der Waals surface area contributed by atoms with Gasteiger partial charge in [-0.1, -0.05) is 18.2 Å². The fraction of sp³-hybridized carbons (Fsp3) is 0.474. The Kier molecular flexibility index (Phi) is 4.10. The van der Waals surface area contributed by atoms with Gasteiger partial charge in [0.05, 0.1) is 5.69 Å². The number of benzene rings is 1. The van der Waals surface area contributed by atoms with Crippen molar-refractivity contribution in [2.45, 2.75) is 38.1 Å². The first-order valence-corrected chi connectivity index (χ1v) is 8.90. The fourth-order valence-electron chi connectivity index (χ4n) is 3.94. The zero-order chi connectivity index (χ0) is 16.5. The van der Waals surface area contributed by atoms with Crippen LogP contribution in [0.1, 0.15) is 41.0 Å². The van der Waals surface area contributed by atoms with Crippen molar-refractivity contribution in [2.24, 2.45) is 0 Å². The molecule has 4 rings (SSSR count). The summed E-state index contributed by atoms with van der Waals surface area (Å²) in [6.07, 6.45) is 5.27. The van der Waals surface area contributed by atoms with E-state index in [-0.39, 0.29) is 5.91 Å². The highest BCUT2D eigenvalue weighted by Gasteiger charge is 2.31. The van der Waals surface area contributed by atoms with Crippen LogP contribution in [0.4, 0.5) is 0 Å². The third-order valence-electron chi connectivity index (χ3n) is 5.25. The van der Waals surface area contributed by atoms with Crippen molar-refractivity contribution >= 4 is 5.91 Å². The summed E-state index contributed by atoms with van der Waals surface area (Å²) in [6.45, 7) is 1.62. The Bertz CT molecular complexity index is 737. The summed E-state index contributed by atoms with van der Waals surface area (Å²) in [7, 11) is 1.97. The molecule has 2 aliphatic rings. The van der Waals surface area contributed by atoms with Crippen molar-refractivity contribution in [1.82, 2.24) is 20.0 Å². The summed E-state index contributed by atoms with van der Waals surface area (Å²) in [6, 6.07) is 10.5. The molecule has 24 heavy (non-hydrogen) atoms. The van der Waals surface area contributed by atoms with Crippen LogP contribution >= 0.6 is 0 Å². The van der Waals surface area contributed by atoms with Gasteiger partial charge in [-0.25, -0.2) is 4.68 Å². The van der Waals surface area contributed by atoms with E-state index in [0.29, 0.717) is 11.7 Å². The zero-order valence-corrected chi connectivity index (χ0v) is 14.2. The van der Waals surface area contributed by atoms with Crippen LogP contribution in [-0.2, 0) is 12.8 Å². The Hall–Kier alpha value is -2.14. The molecule has 1 atom stereocenters. The summed E-state index contributed by atoms with van der Waals surface area (Å²) in [4.78, 5) is 15.1. The number of hydrogen-bond donors (Lipinski definition) is 1. The number of rotatable bonds is 3. The van der Waals surface area contributed by atoms with E-state index < -0.39 is 0 Å². The topological polar surface area (TPSA) is 50.2 Å². The first kappa shape index (κ1) is 15.4. The van der Waals surface area contributed by atoms with Crippen LogP contribution in [0.25, 0.3) is 5.69 Å². The molecular formula is C19H24N4O. The number of likely N-dealkylation sites (tertiary alicyclic amines) is 1. The molecule has 1 saturated heterocycles. The molecule has 1 aromatic heterocycles. The fourth-order valence-corrected chi connectivity index (χ4v) is 3.94. The molecule has 0 radical (unpaired) electrons. The minimum Gasteiger partial charge on any atom is -0.336 e. The maximum absolute atomic E-state index is 13.1. The molecule has 1 aliphatic carbocycles. The zero-order valence-electron chi connectivity index (χ0n) is 14.2. The summed E-state index contributed by atoms with van der Waals surface area (Å²) >= 11 is 0. The number of hydrogen-bond acceptors (Lipinski definition) is 3. The summed E-state index contributed by atoms with van der Waals surface area (Å²) in [5.41, 5.74) is 4.09. The van der Waals surface area contributed by atoms with Crippen LogP contribution in [0, 0.1) is 0 Å². The first-order valence-electron chi connectivity index (χ1n) is 8.90. The molecule has 1 amide bonds. The maximum Gasteiger partial charge on any atom is 0.274 e. The standard InChI is InChI=1S/C19H24N4O/c1-20-14-7-6-12-22(13-14)19(24)18-16-10-5-11-17(16)23(21-18)15-8-3-2-4-9-15/h2-4,8-9,14,20H,5-7,10-13H2,1H3. The largest absolute Gasteiger partial charge is 0.336 e. The second-order valence-corrected chi connectivity index (χ2v) is 6.75. The van der Waals surface area contributed by atoms with Gasteiger partial charge in [0.25, 0.3) is 5.91 Å². The van der Waals surface area contributed by atoms with E-state index in [1.807, 2.05) is 34.8 Å². The van der Waals surface area contributed by atoms with Crippen molar-refractivity contribution in [2.75, 3.05) is 20.1 Å². The second-order valence-electron chi connectivity index (χ2n) is 6.75. The summed E-state index contributed by atoms with van der Waals surface area (Å²) in [5, 5.41) is 8.04. The van der Waals surface area contributed by atoms with Gasteiger partial charge in [-0.2, -0.15) is 5.10 Å². The number of nitrogens with one attached hydrogen (secondary N) is 1. The number of piperidine rings is 1. The number of aromatic nitrogens is 2. The predicted molar refractivity (Wildman–Crippen MR) is 93.6 cm³/mol. The van der Waals surface area contributed by atoms with Crippen molar-refractivity contribution in [1.29, 1.82) is 0 Å². The van der Waals surface area contributed by atoms with Gasteiger partial charge in [0.15, 0.2) is 5.69 Å². The lowest BCUT2D eigenvalue weighted by atomic mass is 10.0. The van der Waals surface area contributed by atoms with Crippen LogP contribution in [0.2, 0.25) is 0 Å². The third kappa shape index (κ3) is 2.63. The first-order chi connectivity index (χ1) is 11.8. The highest BCUT2D eigenvalue weighted by atomic mass is 16.2. The van der Waals surface area contributed by atoms with E-state index in [9.17, 15) is 4.79 Å². The van der Waals surface area contributed by atoms with Gasteiger partial charge >= 0.3 is 0 Å². The van der Waals surface area contributed by atoms with Crippen LogP contribution < -0.4 is 5.32 Å². The predicted octanol–water partition coefficient (Wildman–Crippen LogP) is 2.18. The van der Waals surface area contributed by atoms with Gasteiger partial charge in [0, 0.05) is 30.4 Å². The van der Waals surface area contributed by atoms with E-state index in [1.54, 1.807) is 0 Å². The molecule has 5 heteroatoms. The number of likely N-dealkylation sites (N-methyl/N-ethyl adjacent to an activating group) is 1. The Balaban J connectivity index is 1.68. The van der Waals surface area contributed by atoms with Crippen LogP contribution in [0.5, 0.6) is 0 Å². The normalized spacial score (nSPS) is 20.2. The van der Waals surface area contributed by atoms with Crippen molar-refractivity contribution in [3.63, 3.8) is 0 Å². The lowest BCUT2D eigenvalue weighted by Crippen LogP contribution is -2.47. The molecule has 2 aromatic rings. The second kappa shape index (κ2) is 6.40. The molecule has 126 valence electrons. The average Bonchev–Trinajstić information content (AvgIpc) is 3.24. The number of carbonyl (C=O) groups is 1. The van der Waals surface area contributed by atoms with E-state index in [2.05, 4.69) is 17.4 Å². The van der Waals surface area contributed by atoms with Crippen molar-refractivity contribution in [3.05, 3.63) is 47.3 Å². The number of carbonyl (C=O) groups excluding carboxylic acids is 1. The monoisotopic (exact) mass is 324 g/mol. The highest BCUT2D eigenvalue weighted by Crippen LogP contribution is 2.29. The van der Waals surface area contributed by atoms with E-state index >= 15 is 0 Å². The van der Waals surface area contributed by atoms with Gasteiger partial charge < -0.3 is 10.2 Å². The van der Waals surface area contributed by atoms with Crippen LogP contribution in [0.3, 0.4) is 0 Å². The van der Waals surface area contributed by atoms with Gasteiger partial charge in [0.2, 0.25) is 0 Å². The van der Waals surface area contributed by atoms with E-state index in [1.165, 1.54) is 5.69 Å². The molecule has 0 saturated carbocycles. The van der Waals surface area contributed by atoms with Gasteiger partial charge in [-0.3, -0.25) is 4.79 Å². The summed E-state index contributed by atoms with van der Waals surface area (Å²) < 4.78 is 1.98. The number of nitrogens with zero attached hydrogens (tertiary/aromatic N) is 3. The Morgan fingerprint density at radius 3 is 2.83 bits per heavy atom. The van der Waals surface area contributed by atoms with E-state index in [4.69, 9.17) is 5.10 Å². The molecule has 1 unspecified atom stereocenters. The molecular weight excluding hydrogens is 300 g/mol. The van der Waals surface area contributed by atoms with Crippen molar-refractivity contribution < 1.29 is 4.79 Å². The van der Waals surface area contributed by atoms with Crippen LogP contribution in [-0.4, -0.2) is 46.8 Å². The lowest BCUT2D eigenvalue weighted by molar-refractivity contribution is 0.0690. The maximum atomic E-state index is 13.1.